The Bertz CT molecular complexity index is 694. The molecular weight excluding hydrogens is 290 g/mol. The van der Waals surface area contributed by atoms with E-state index in [-0.39, 0.29) is 11.9 Å². The Labute approximate surface area is 136 Å². The van der Waals surface area contributed by atoms with Crippen LogP contribution in [0.2, 0.25) is 0 Å². The van der Waals surface area contributed by atoms with E-state index in [0.717, 1.165) is 30.8 Å². The lowest BCUT2D eigenvalue weighted by molar-refractivity contribution is 0.0673. The Kier molecular flexibility index (Phi) is 4.32. The van der Waals surface area contributed by atoms with E-state index in [1.54, 1.807) is 6.20 Å². The molecule has 1 aliphatic heterocycles. The van der Waals surface area contributed by atoms with Crippen LogP contribution in [0, 0.1) is 6.92 Å². The van der Waals surface area contributed by atoms with Gasteiger partial charge in [0.2, 0.25) is 0 Å². The monoisotopic (exact) mass is 313 g/mol. The van der Waals surface area contributed by atoms with Crippen molar-refractivity contribution in [3.05, 3.63) is 41.9 Å². The molecule has 2 aromatic heterocycles. The predicted molar refractivity (Wildman–Crippen MR) is 89.7 cm³/mol. The van der Waals surface area contributed by atoms with Gasteiger partial charge in [0.25, 0.3) is 5.91 Å². The molecule has 0 N–H and O–H groups in total. The third-order valence-electron chi connectivity index (χ3n) is 4.23. The van der Waals surface area contributed by atoms with E-state index < -0.39 is 0 Å². The summed E-state index contributed by atoms with van der Waals surface area (Å²) in [5, 5.41) is 4.41. The molecule has 0 radical (unpaired) electrons. The van der Waals surface area contributed by atoms with Gasteiger partial charge in [0, 0.05) is 39.6 Å². The van der Waals surface area contributed by atoms with Crippen LogP contribution in [0.1, 0.15) is 34.8 Å². The van der Waals surface area contributed by atoms with Crippen LogP contribution in [0.15, 0.2) is 30.7 Å². The molecule has 1 atom stereocenters. The fraction of sp³-hybridized carbons (Fsp3) is 0.471. The summed E-state index contributed by atoms with van der Waals surface area (Å²) in [4.78, 5) is 21.1. The Morgan fingerprint density at radius 2 is 2.22 bits per heavy atom. The van der Waals surface area contributed by atoms with Crippen LogP contribution < -0.4 is 4.90 Å². The number of carbonyl (C=O) groups excluding carboxylic acids is 1. The van der Waals surface area contributed by atoms with Crippen LogP contribution in [0.4, 0.5) is 5.82 Å². The molecule has 1 unspecified atom stereocenters. The number of pyridine rings is 1. The molecular formula is C17H23N5O. The summed E-state index contributed by atoms with van der Waals surface area (Å²) in [6, 6.07) is 3.92. The van der Waals surface area contributed by atoms with Gasteiger partial charge in [-0.15, -0.1) is 0 Å². The molecule has 1 saturated heterocycles. The molecule has 1 amide bonds. The van der Waals surface area contributed by atoms with Crippen molar-refractivity contribution in [1.82, 2.24) is 19.7 Å². The Balaban J connectivity index is 1.80. The van der Waals surface area contributed by atoms with E-state index >= 15 is 0 Å². The van der Waals surface area contributed by atoms with E-state index in [4.69, 9.17) is 0 Å². The zero-order valence-electron chi connectivity index (χ0n) is 13.9. The van der Waals surface area contributed by atoms with Gasteiger partial charge < -0.3 is 9.80 Å². The highest BCUT2D eigenvalue weighted by atomic mass is 16.2. The van der Waals surface area contributed by atoms with Crippen molar-refractivity contribution < 1.29 is 4.79 Å². The van der Waals surface area contributed by atoms with E-state index in [1.807, 2.05) is 60.0 Å². The second-order valence-electron chi connectivity index (χ2n) is 6.31. The summed E-state index contributed by atoms with van der Waals surface area (Å²) < 4.78 is 1.99. The average Bonchev–Trinajstić information content (AvgIpc) is 3.01. The van der Waals surface area contributed by atoms with E-state index in [0.29, 0.717) is 12.1 Å². The molecule has 3 rings (SSSR count). The highest BCUT2D eigenvalue weighted by Gasteiger charge is 2.27. The summed E-state index contributed by atoms with van der Waals surface area (Å²) in [5.41, 5.74) is 1.81. The normalized spacial score (nSPS) is 18.0. The maximum Gasteiger partial charge on any atom is 0.257 e. The number of nitrogens with zero attached hydrogens (tertiary/aromatic N) is 5. The van der Waals surface area contributed by atoms with Gasteiger partial charge in [-0.3, -0.25) is 9.48 Å². The molecule has 0 aromatic carbocycles. The quantitative estimate of drug-likeness (QED) is 0.871. The van der Waals surface area contributed by atoms with Crippen molar-refractivity contribution in [3.63, 3.8) is 0 Å². The molecule has 6 heteroatoms. The highest BCUT2D eigenvalue weighted by Crippen LogP contribution is 2.24. The molecule has 1 fully saturated rings. The van der Waals surface area contributed by atoms with Gasteiger partial charge in [-0.1, -0.05) is 0 Å². The number of aryl methyl sites for hydroxylation is 1. The van der Waals surface area contributed by atoms with Crippen molar-refractivity contribution in [2.45, 2.75) is 25.8 Å². The van der Waals surface area contributed by atoms with Gasteiger partial charge in [0.05, 0.1) is 17.8 Å². The number of aromatic nitrogens is 3. The first-order chi connectivity index (χ1) is 11.1. The molecule has 6 nitrogen and oxygen atoms in total. The summed E-state index contributed by atoms with van der Waals surface area (Å²) in [6.45, 7) is 3.52. The Morgan fingerprint density at radius 1 is 1.39 bits per heavy atom. The van der Waals surface area contributed by atoms with Crippen molar-refractivity contribution in [1.29, 1.82) is 0 Å². The number of carbonyl (C=O) groups is 1. The van der Waals surface area contributed by atoms with Gasteiger partial charge in [0.1, 0.15) is 5.82 Å². The number of anilines is 1. The first-order valence-electron chi connectivity index (χ1n) is 7.98. The molecule has 2 aromatic rings. The number of amides is 1. The largest absolute Gasteiger partial charge is 0.362 e. The predicted octanol–water partition coefficient (Wildman–Crippen LogP) is 2.13. The fourth-order valence-electron chi connectivity index (χ4n) is 3.08. The number of hydrogen-bond acceptors (Lipinski definition) is 4. The maximum absolute atomic E-state index is 12.9. The van der Waals surface area contributed by atoms with Crippen molar-refractivity contribution in [3.8, 4) is 0 Å². The average molecular weight is 313 g/mol. The standard InChI is InChI=1S/C17H23N5O/c1-13-10-19-22(11-13)14-6-5-9-21(12-14)17(23)15-7-4-8-18-16(15)20(2)3/h4,7-8,10-11,14H,5-6,9,12H2,1-3H3. The number of rotatable bonds is 3. The molecule has 0 aliphatic carbocycles. The lowest BCUT2D eigenvalue weighted by Crippen LogP contribution is -2.41. The smallest absolute Gasteiger partial charge is 0.257 e. The minimum absolute atomic E-state index is 0.0513. The SMILES string of the molecule is Cc1cnn(C2CCCN(C(=O)c3cccnc3N(C)C)C2)c1. The lowest BCUT2D eigenvalue weighted by Gasteiger charge is -2.33. The topological polar surface area (TPSA) is 54.3 Å². The molecule has 0 bridgehead atoms. The summed E-state index contributed by atoms with van der Waals surface area (Å²) in [7, 11) is 3.81. The maximum atomic E-state index is 12.9. The third-order valence-corrected chi connectivity index (χ3v) is 4.23. The van der Waals surface area contributed by atoms with E-state index in [1.165, 1.54) is 0 Å². The van der Waals surface area contributed by atoms with Crippen LogP contribution in [0.25, 0.3) is 0 Å². The zero-order valence-corrected chi connectivity index (χ0v) is 13.9. The van der Waals surface area contributed by atoms with Gasteiger partial charge >= 0.3 is 0 Å². The summed E-state index contributed by atoms with van der Waals surface area (Å²) in [6.07, 6.45) is 7.68. The van der Waals surface area contributed by atoms with Crippen molar-refractivity contribution >= 4 is 11.7 Å². The number of hydrogen-bond donors (Lipinski definition) is 0. The zero-order chi connectivity index (χ0) is 16.4. The van der Waals surface area contributed by atoms with Gasteiger partial charge in [-0.2, -0.15) is 5.10 Å². The fourth-order valence-corrected chi connectivity index (χ4v) is 3.08. The molecule has 122 valence electrons. The van der Waals surface area contributed by atoms with Crippen LogP contribution in [-0.4, -0.2) is 52.8 Å². The molecule has 23 heavy (non-hydrogen) atoms. The first kappa shape index (κ1) is 15.5. The number of likely N-dealkylation sites (tertiary alicyclic amines) is 1. The summed E-state index contributed by atoms with van der Waals surface area (Å²) in [5.74, 6) is 0.768. The van der Waals surface area contributed by atoms with E-state index in [2.05, 4.69) is 10.1 Å². The highest BCUT2D eigenvalue weighted by molar-refractivity contribution is 5.98. The van der Waals surface area contributed by atoms with Crippen molar-refractivity contribution in [2.75, 3.05) is 32.1 Å². The van der Waals surface area contributed by atoms with Crippen LogP contribution >= 0.6 is 0 Å². The first-order valence-corrected chi connectivity index (χ1v) is 7.98. The molecule has 1 aliphatic rings. The summed E-state index contributed by atoms with van der Waals surface area (Å²) >= 11 is 0. The minimum atomic E-state index is 0.0513. The van der Waals surface area contributed by atoms with Gasteiger partial charge in [0.15, 0.2) is 0 Å². The molecule has 0 saturated carbocycles. The van der Waals surface area contributed by atoms with E-state index in [9.17, 15) is 4.79 Å². The van der Waals surface area contributed by atoms with Crippen LogP contribution in [0.3, 0.4) is 0 Å². The minimum Gasteiger partial charge on any atom is -0.362 e. The van der Waals surface area contributed by atoms with Gasteiger partial charge in [-0.25, -0.2) is 4.98 Å². The second kappa shape index (κ2) is 6.40. The van der Waals surface area contributed by atoms with Gasteiger partial charge in [-0.05, 0) is 37.5 Å². The van der Waals surface area contributed by atoms with Crippen LogP contribution in [0.5, 0.6) is 0 Å². The molecule has 0 spiro atoms. The third kappa shape index (κ3) is 3.21. The van der Waals surface area contributed by atoms with Crippen molar-refractivity contribution in [2.24, 2.45) is 0 Å². The Hall–Kier alpha value is -2.37. The lowest BCUT2D eigenvalue weighted by atomic mass is 10.0. The number of piperidine rings is 1. The van der Waals surface area contributed by atoms with Crippen LogP contribution in [-0.2, 0) is 0 Å². The second-order valence-corrected chi connectivity index (χ2v) is 6.31. The Morgan fingerprint density at radius 3 is 2.91 bits per heavy atom. The molecule has 3 heterocycles.